The van der Waals surface area contributed by atoms with Gasteiger partial charge in [0.2, 0.25) is 5.82 Å². The molecule has 7 heteroatoms. The van der Waals surface area contributed by atoms with Crippen LogP contribution >= 0.6 is 11.6 Å². The molecule has 1 heterocycles. The lowest BCUT2D eigenvalue weighted by Gasteiger charge is -2.15. The van der Waals surface area contributed by atoms with Crippen LogP contribution in [0.15, 0.2) is 36.4 Å². The lowest BCUT2D eigenvalue weighted by molar-refractivity contribution is -0.384. The first-order valence-electron chi connectivity index (χ1n) is 6.22. The number of aromatic nitrogens is 1. The summed E-state index contributed by atoms with van der Waals surface area (Å²) in [6.07, 6.45) is 0. The highest BCUT2D eigenvalue weighted by Gasteiger charge is 2.18. The number of rotatable bonds is 5. The van der Waals surface area contributed by atoms with E-state index in [0.717, 1.165) is 11.3 Å². The highest BCUT2D eigenvalue weighted by Crippen LogP contribution is 2.28. The summed E-state index contributed by atoms with van der Waals surface area (Å²) in [6.45, 7) is 1.88. The molecule has 1 N–H and O–H groups in total. The molecule has 2 aromatic rings. The monoisotopic (exact) mass is 307 g/mol. The van der Waals surface area contributed by atoms with Crippen LogP contribution in [0.25, 0.3) is 0 Å². The number of nitrogens with one attached hydrogen (secondary N) is 1. The standard InChI is InChI=1S/C14H14ClN3O3/c1-9(10-3-5-11(21-2)6-4-10)16-14-12(18(19)20)7-8-13(15)17-14/h3-9H,1-2H3,(H,16,17). The molecule has 1 aromatic carbocycles. The Morgan fingerprint density at radius 3 is 2.52 bits per heavy atom. The fourth-order valence-corrected chi connectivity index (χ4v) is 2.01. The third-order valence-electron chi connectivity index (χ3n) is 3.01. The molecule has 1 unspecified atom stereocenters. The molecule has 0 spiro atoms. The lowest BCUT2D eigenvalue weighted by atomic mass is 10.1. The van der Waals surface area contributed by atoms with Crippen molar-refractivity contribution in [3.05, 3.63) is 57.2 Å². The van der Waals surface area contributed by atoms with Crippen LogP contribution in [-0.2, 0) is 0 Å². The zero-order valence-electron chi connectivity index (χ0n) is 11.5. The first-order valence-corrected chi connectivity index (χ1v) is 6.60. The molecular weight excluding hydrogens is 294 g/mol. The van der Waals surface area contributed by atoms with E-state index in [2.05, 4.69) is 10.3 Å². The van der Waals surface area contributed by atoms with Crippen LogP contribution in [0.1, 0.15) is 18.5 Å². The molecule has 0 bridgehead atoms. The predicted octanol–water partition coefficient (Wildman–Crippen LogP) is 3.82. The van der Waals surface area contributed by atoms with Crippen molar-refractivity contribution in [3.63, 3.8) is 0 Å². The number of nitro groups is 1. The van der Waals surface area contributed by atoms with Gasteiger partial charge in [0.25, 0.3) is 0 Å². The lowest BCUT2D eigenvalue weighted by Crippen LogP contribution is -2.10. The molecule has 0 aliphatic heterocycles. The molecule has 110 valence electrons. The SMILES string of the molecule is COc1ccc(C(C)Nc2nc(Cl)ccc2[N+](=O)[O-])cc1. The molecule has 0 fully saturated rings. The van der Waals surface area contributed by atoms with Gasteiger partial charge in [0.15, 0.2) is 0 Å². The van der Waals surface area contributed by atoms with Crippen molar-refractivity contribution in [2.45, 2.75) is 13.0 Å². The zero-order valence-corrected chi connectivity index (χ0v) is 12.3. The van der Waals surface area contributed by atoms with Gasteiger partial charge in [-0.1, -0.05) is 23.7 Å². The normalized spacial score (nSPS) is 11.8. The topological polar surface area (TPSA) is 77.3 Å². The van der Waals surface area contributed by atoms with E-state index in [0.29, 0.717) is 0 Å². The quantitative estimate of drug-likeness (QED) is 0.516. The summed E-state index contributed by atoms with van der Waals surface area (Å²) < 4.78 is 5.09. The Hall–Kier alpha value is -2.34. The molecular formula is C14H14ClN3O3. The number of hydrogen-bond acceptors (Lipinski definition) is 5. The van der Waals surface area contributed by atoms with E-state index in [-0.39, 0.29) is 22.7 Å². The van der Waals surface area contributed by atoms with Gasteiger partial charge in [0, 0.05) is 6.07 Å². The zero-order chi connectivity index (χ0) is 15.4. The minimum atomic E-state index is -0.494. The number of nitrogens with zero attached hydrogens (tertiary/aromatic N) is 2. The van der Waals surface area contributed by atoms with E-state index in [4.69, 9.17) is 16.3 Å². The van der Waals surface area contributed by atoms with Gasteiger partial charge in [-0.3, -0.25) is 10.1 Å². The van der Waals surface area contributed by atoms with E-state index < -0.39 is 4.92 Å². The number of pyridine rings is 1. The molecule has 0 saturated heterocycles. The van der Waals surface area contributed by atoms with Gasteiger partial charge in [-0.25, -0.2) is 4.98 Å². The Bertz CT molecular complexity index is 646. The van der Waals surface area contributed by atoms with Crippen molar-refractivity contribution in [3.8, 4) is 5.75 Å². The Labute approximate surface area is 126 Å². The second-order valence-electron chi connectivity index (χ2n) is 4.40. The Kier molecular flexibility index (Phi) is 4.59. The summed E-state index contributed by atoms with van der Waals surface area (Å²) in [5.41, 5.74) is 0.839. The number of ether oxygens (including phenoxy) is 1. The summed E-state index contributed by atoms with van der Waals surface area (Å²) in [7, 11) is 1.59. The summed E-state index contributed by atoms with van der Waals surface area (Å²) in [5, 5.41) is 14.2. The average molecular weight is 308 g/mol. The van der Waals surface area contributed by atoms with E-state index in [1.54, 1.807) is 7.11 Å². The fraction of sp³-hybridized carbons (Fsp3) is 0.214. The average Bonchev–Trinajstić information content (AvgIpc) is 2.47. The summed E-state index contributed by atoms with van der Waals surface area (Å²) in [5.74, 6) is 0.897. The maximum absolute atomic E-state index is 11.0. The van der Waals surface area contributed by atoms with E-state index in [1.165, 1.54) is 12.1 Å². The van der Waals surface area contributed by atoms with Crippen LogP contribution in [-0.4, -0.2) is 17.0 Å². The molecule has 0 aliphatic rings. The van der Waals surface area contributed by atoms with Crippen molar-refractivity contribution in [2.24, 2.45) is 0 Å². The van der Waals surface area contributed by atoms with Crippen LogP contribution < -0.4 is 10.1 Å². The number of halogens is 1. The van der Waals surface area contributed by atoms with Gasteiger partial charge >= 0.3 is 5.69 Å². The van der Waals surface area contributed by atoms with Crippen molar-refractivity contribution < 1.29 is 9.66 Å². The molecule has 0 aliphatic carbocycles. The number of methoxy groups -OCH3 is 1. The van der Waals surface area contributed by atoms with E-state index in [1.807, 2.05) is 31.2 Å². The van der Waals surface area contributed by atoms with E-state index in [9.17, 15) is 10.1 Å². The van der Waals surface area contributed by atoms with Gasteiger partial charge < -0.3 is 10.1 Å². The minimum Gasteiger partial charge on any atom is -0.497 e. The smallest absolute Gasteiger partial charge is 0.311 e. The first kappa shape index (κ1) is 15.1. The summed E-state index contributed by atoms with van der Waals surface area (Å²) >= 11 is 5.80. The van der Waals surface area contributed by atoms with Crippen molar-refractivity contribution >= 4 is 23.1 Å². The van der Waals surface area contributed by atoms with Gasteiger partial charge in [0.05, 0.1) is 18.1 Å². The van der Waals surface area contributed by atoms with Crippen molar-refractivity contribution in [2.75, 3.05) is 12.4 Å². The summed E-state index contributed by atoms with van der Waals surface area (Å²) in [6, 6.07) is 9.97. The minimum absolute atomic E-state index is 0.111. The third-order valence-corrected chi connectivity index (χ3v) is 3.22. The Morgan fingerprint density at radius 1 is 1.29 bits per heavy atom. The number of benzene rings is 1. The largest absolute Gasteiger partial charge is 0.497 e. The molecule has 1 aromatic heterocycles. The van der Waals surface area contributed by atoms with Crippen LogP contribution in [0.2, 0.25) is 5.15 Å². The molecule has 0 radical (unpaired) electrons. The molecule has 21 heavy (non-hydrogen) atoms. The van der Waals surface area contributed by atoms with Crippen LogP contribution in [0, 0.1) is 10.1 Å². The van der Waals surface area contributed by atoms with Crippen LogP contribution in [0.3, 0.4) is 0 Å². The van der Waals surface area contributed by atoms with Gasteiger partial charge in [-0.05, 0) is 30.7 Å². The van der Waals surface area contributed by atoms with E-state index >= 15 is 0 Å². The van der Waals surface area contributed by atoms with Crippen LogP contribution in [0.5, 0.6) is 5.75 Å². The highest BCUT2D eigenvalue weighted by atomic mass is 35.5. The predicted molar refractivity (Wildman–Crippen MR) is 80.9 cm³/mol. The number of anilines is 1. The first-order chi connectivity index (χ1) is 10.0. The van der Waals surface area contributed by atoms with Gasteiger partial charge in [-0.15, -0.1) is 0 Å². The molecule has 0 amide bonds. The number of hydrogen-bond donors (Lipinski definition) is 1. The second-order valence-corrected chi connectivity index (χ2v) is 4.79. The fourth-order valence-electron chi connectivity index (χ4n) is 1.86. The summed E-state index contributed by atoms with van der Waals surface area (Å²) in [4.78, 5) is 14.5. The van der Waals surface area contributed by atoms with Gasteiger partial charge in [0.1, 0.15) is 10.9 Å². The molecule has 6 nitrogen and oxygen atoms in total. The molecule has 2 rings (SSSR count). The van der Waals surface area contributed by atoms with Crippen molar-refractivity contribution in [1.29, 1.82) is 0 Å². The maximum Gasteiger partial charge on any atom is 0.311 e. The maximum atomic E-state index is 11.0. The Morgan fingerprint density at radius 2 is 1.95 bits per heavy atom. The molecule has 1 atom stereocenters. The van der Waals surface area contributed by atoms with Crippen molar-refractivity contribution in [1.82, 2.24) is 4.98 Å². The van der Waals surface area contributed by atoms with Crippen LogP contribution in [0.4, 0.5) is 11.5 Å². The van der Waals surface area contributed by atoms with Gasteiger partial charge in [-0.2, -0.15) is 0 Å². The highest BCUT2D eigenvalue weighted by molar-refractivity contribution is 6.29. The second kappa shape index (κ2) is 6.41. The third kappa shape index (κ3) is 3.61. The Balaban J connectivity index is 2.24. The molecule has 0 saturated carbocycles.